The number of amides is 2. The molecule has 6 rings (SSSR count). The van der Waals surface area contributed by atoms with Crippen LogP contribution in [0.4, 0.5) is 0 Å². The van der Waals surface area contributed by atoms with Gasteiger partial charge in [-0.1, -0.05) is 30.3 Å². The molecule has 0 aromatic heterocycles. The standard InChI is InChI=1S/C25H33N3O4S/c29-23(18-26-24(30)25-15-20-12-21(16-25)14-22(13-20)17-25)27-7-9-28(10-8-27)33(31,32)11-6-19-4-2-1-3-5-19/h1-6,11,20-22H,7-10,12-18H2,(H,26,30)/b11-6+. The molecule has 0 unspecified atom stereocenters. The summed E-state index contributed by atoms with van der Waals surface area (Å²) in [5.74, 6) is 1.98. The van der Waals surface area contributed by atoms with Gasteiger partial charge in [-0.3, -0.25) is 9.59 Å². The SMILES string of the molecule is O=C(CNC(=O)C12CC3CC(CC(C3)C1)C2)N1CCN(S(=O)(=O)/C=C/c2ccccc2)CC1. The van der Waals surface area contributed by atoms with Gasteiger partial charge in [0, 0.05) is 37.0 Å². The molecule has 0 radical (unpaired) electrons. The molecule has 5 aliphatic rings. The summed E-state index contributed by atoms with van der Waals surface area (Å²) in [7, 11) is -3.54. The van der Waals surface area contributed by atoms with E-state index in [4.69, 9.17) is 0 Å². The summed E-state index contributed by atoms with van der Waals surface area (Å²) in [6.45, 7) is 1.20. The number of hydrogen-bond donors (Lipinski definition) is 1. The summed E-state index contributed by atoms with van der Waals surface area (Å²) in [6, 6.07) is 9.30. The molecule has 1 aromatic rings. The van der Waals surface area contributed by atoms with Gasteiger partial charge in [-0.2, -0.15) is 4.31 Å². The van der Waals surface area contributed by atoms with E-state index in [-0.39, 0.29) is 36.9 Å². The van der Waals surface area contributed by atoms with Crippen LogP contribution in [0.25, 0.3) is 6.08 Å². The third-order valence-electron chi connectivity index (χ3n) is 8.10. The Balaban J connectivity index is 1.11. The lowest BCUT2D eigenvalue weighted by Crippen LogP contribution is -2.56. The van der Waals surface area contributed by atoms with E-state index in [1.165, 1.54) is 29.0 Å². The van der Waals surface area contributed by atoms with Crippen molar-refractivity contribution in [2.45, 2.75) is 38.5 Å². The first kappa shape index (κ1) is 22.6. The van der Waals surface area contributed by atoms with Crippen LogP contribution in [0, 0.1) is 23.2 Å². The van der Waals surface area contributed by atoms with E-state index in [1.54, 1.807) is 11.0 Å². The van der Waals surface area contributed by atoms with Gasteiger partial charge in [-0.05, 0) is 67.9 Å². The van der Waals surface area contributed by atoms with Crippen LogP contribution in [0.2, 0.25) is 0 Å². The van der Waals surface area contributed by atoms with Crippen molar-refractivity contribution in [1.82, 2.24) is 14.5 Å². The molecule has 4 saturated carbocycles. The quantitative estimate of drug-likeness (QED) is 0.691. The van der Waals surface area contributed by atoms with Gasteiger partial charge in [0.15, 0.2) is 0 Å². The van der Waals surface area contributed by atoms with Crippen molar-refractivity contribution in [3.05, 3.63) is 41.3 Å². The minimum atomic E-state index is -3.54. The Labute approximate surface area is 196 Å². The monoisotopic (exact) mass is 471 g/mol. The number of benzene rings is 1. The van der Waals surface area contributed by atoms with Crippen molar-refractivity contribution < 1.29 is 18.0 Å². The van der Waals surface area contributed by atoms with Gasteiger partial charge in [0.2, 0.25) is 21.8 Å². The van der Waals surface area contributed by atoms with Crippen LogP contribution < -0.4 is 5.32 Å². The average molecular weight is 472 g/mol. The van der Waals surface area contributed by atoms with Crippen LogP contribution in [0.3, 0.4) is 0 Å². The van der Waals surface area contributed by atoms with Gasteiger partial charge in [0.05, 0.1) is 6.54 Å². The first-order valence-corrected chi connectivity index (χ1v) is 13.6. The highest BCUT2D eigenvalue weighted by Gasteiger charge is 2.54. The number of carbonyl (C=O) groups is 2. The summed E-state index contributed by atoms with van der Waals surface area (Å²) in [5, 5.41) is 4.17. The first-order chi connectivity index (χ1) is 15.8. The van der Waals surface area contributed by atoms with E-state index in [0.29, 0.717) is 30.8 Å². The normalized spacial score (nSPS) is 31.8. The Morgan fingerprint density at radius 2 is 1.52 bits per heavy atom. The van der Waals surface area contributed by atoms with E-state index in [0.717, 1.165) is 24.8 Å². The predicted molar refractivity (Wildman–Crippen MR) is 126 cm³/mol. The van der Waals surface area contributed by atoms with Crippen molar-refractivity contribution in [2.75, 3.05) is 32.7 Å². The Bertz CT molecular complexity index is 994. The van der Waals surface area contributed by atoms with Crippen molar-refractivity contribution in [3.8, 4) is 0 Å². The molecule has 0 spiro atoms. The molecule has 2 amide bonds. The van der Waals surface area contributed by atoms with Crippen LogP contribution in [0.15, 0.2) is 35.7 Å². The highest BCUT2D eigenvalue weighted by molar-refractivity contribution is 7.92. The van der Waals surface area contributed by atoms with Crippen LogP contribution >= 0.6 is 0 Å². The number of hydrogen-bond acceptors (Lipinski definition) is 4. The molecule has 4 aliphatic carbocycles. The number of piperazine rings is 1. The van der Waals surface area contributed by atoms with Crippen LogP contribution in [0.5, 0.6) is 0 Å². The zero-order valence-corrected chi connectivity index (χ0v) is 19.8. The molecule has 7 nitrogen and oxygen atoms in total. The van der Waals surface area contributed by atoms with Crippen LogP contribution in [0.1, 0.15) is 44.1 Å². The van der Waals surface area contributed by atoms with Crippen molar-refractivity contribution in [1.29, 1.82) is 0 Å². The lowest BCUT2D eigenvalue weighted by Gasteiger charge is -2.55. The summed E-state index contributed by atoms with van der Waals surface area (Å²) >= 11 is 0. The number of nitrogens with zero attached hydrogens (tertiary/aromatic N) is 2. The molecule has 1 aliphatic heterocycles. The van der Waals surface area contributed by atoms with E-state index in [2.05, 4.69) is 5.32 Å². The zero-order valence-electron chi connectivity index (χ0n) is 19.0. The number of carbonyl (C=O) groups excluding carboxylic acids is 2. The fourth-order valence-corrected chi connectivity index (χ4v) is 8.02. The van der Waals surface area contributed by atoms with E-state index >= 15 is 0 Å². The van der Waals surface area contributed by atoms with Gasteiger partial charge in [-0.15, -0.1) is 0 Å². The van der Waals surface area contributed by atoms with E-state index < -0.39 is 10.0 Å². The fraction of sp³-hybridized carbons (Fsp3) is 0.600. The second-order valence-corrected chi connectivity index (χ2v) is 12.2. The molecular formula is C25H33N3O4S. The molecule has 33 heavy (non-hydrogen) atoms. The number of rotatable bonds is 6. The van der Waals surface area contributed by atoms with Gasteiger partial charge in [0.1, 0.15) is 0 Å². The molecule has 4 bridgehead atoms. The van der Waals surface area contributed by atoms with E-state index in [1.807, 2.05) is 30.3 Å². The Kier molecular flexibility index (Phi) is 6.07. The first-order valence-electron chi connectivity index (χ1n) is 12.1. The molecule has 1 aromatic carbocycles. The topological polar surface area (TPSA) is 86.8 Å². The molecule has 178 valence electrons. The average Bonchev–Trinajstić information content (AvgIpc) is 2.81. The summed E-state index contributed by atoms with van der Waals surface area (Å²) < 4.78 is 26.7. The van der Waals surface area contributed by atoms with Gasteiger partial charge in [-0.25, -0.2) is 8.42 Å². The zero-order chi connectivity index (χ0) is 23.1. The highest BCUT2D eigenvalue weighted by Crippen LogP contribution is 2.60. The molecule has 5 fully saturated rings. The maximum absolute atomic E-state index is 13.1. The fourth-order valence-electron chi connectivity index (χ4n) is 6.85. The largest absolute Gasteiger partial charge is 0.347 e. The molecule has 0 atom stereocenters. The lowest BCUT2D eigenvalue weighted by atomic mass is 9.49. The van der Waals surface area contributed by atoms with Gasteiger partial charge >= 0.3 is 0 Å². The maximum atomic E-state index is 13.1. The van der Waals surface area contributed by atoms with Crippen molar-refractivity contribution >= 4 is 27.9 Å². The summed E-state index contributed by atoms with van der Waals surface area (Å²) in [4.78, 5) is 27.5. The minimum absolute atomic E-state index is 0.00123. The predicted octanol–water partition coefficient (Wildman–Crippen LogP) is 2.46. The maximum Gasteiger partial charge on any atom is 0.242 e. The smallest absolute Gasteiger partial charge is 0.242 e. The molecule has 1 heterocycles. The molecule has 1 N–H and O–H groups in total. The third-order valence-corrected chi connectivity index (χ3v) is 9.67. The van der Waals surface area contributed by atoms with Gasteiger partial charge < -0.3 is 10.2 Å². The Morgan fingerprint density at radius 1 is 0.939 bits per heavy atom. The third kappa shape index (κ3) is 4.73. The Hall–Kier alpha value is -2.19. The molecule has 1 saturated heterocycles. The second kappa shape index (κ2) is 8.87. The van der Waals surface area contributed by atoms with Crippen molar-refractivity contribution in [2.24, 2.45) is 23.2 Å². The summed E-state index contributed by atoms with van der Waals surface area (Å²) in [5.41, 5.74) is 0.567. The van der Waals surface area contributed by atoms with Crippen LogP contribution in [-0.4, -0.2) is 62.2 Å². The highest BCUT2D eigenvalue weighted by atomic mass is 32.2. The van der Waals surface area contributed by atoms with Gasteiger partial charge in [0.25, 0.3) is 0 Å². The second-order valence-electron chi connectivity index (χ2n) is 10.4. The van der Waals surface area contributed by atoms with E-state index in [9.17, 15) is 18.0 Å². The minimum Gasteiger partial charge on any atom is -0.347 e. The van der Waals surface area contributed by atoms with Crippen molar-refractivity contribution in [3.63, 3.8) is 0 Å². The number of nitrogens with one attached hydrogen (secondary N) is 1. The van der Waals surface area contributed by atoms with Crippen LogP contribution in [-0.2, 0) is 19.6 Å². The number of sulfonamides is 1. The lowest BCUT2D eigenvalue weighted by molar-refractivity contribution is -0.148. The summed E-state index contributed by atoms with van der Waals surface area (Å²) in [6.07, 6.45) is 8.36. The Morgan fingerprint density at radius 3 is 2.09 bits per heavy atom. The molecule has 8 heteroatoms. The molecular weight excluding hydrogens is 438 g/mol.